The average Bonchev–Trinajstić information content (AvgIpc) is 3.28. The van der Waals surface area contributed by atoms with Crippen LogP contribution < -0.4 is 4.90 Å². The fraction of sp³-hybridized carbons (Fsp3) is 0.321. The lowest BCUT2D eigenvalue weighted by molar-refractivity contribution is 0.133. The van der Waals surface area contributed by atoms with Crippen molar-refractivity contribution in [1.29, 1.82) is 0 Å². The number of nitrogens with zero attached hydrogens (tertiary/aromatic N) is 4. The third kappa shape index (κ3) is 3.59. The van der Waals surface area contributed by atoms with E-state index >= 15 is 0 Å². The number of aromatic nitrogens is 2. The molecule has 0 aliphatic carbocycles. The van der Waals surface area contributed by atoms with Crippen molar-refractivity contribution in [3.05, 3.63) is 96.3 Å². The monoisotopic (exact) mass is 422 g/mol. The van der Waals surface area contributed by atoms with Gasteiger partial charge in [-0.05, 0) is 48.7 Å². The van der Waals surface area contributed by atoms with Gasteiger partial charge in [-0.3, -0.25) is 4.90 Å². The summed E-state index contributed by atoms with van der Waals surface area (Å²) in [7, 11) is 0. The lowest BCUT2D eigenvalue weighted by Crippen LogP contribution is -2.54. The number of rotatable bonds is 4. The Bertz CT molecular complexity index is 1140. The molecular weight excluding hydrogens is 392 g/mol. The van der Waals surface area contributed by atoms with Gasteiger partial charge in [0.1, 0.15) is 0 Å². The molecule has 1 aromatic heterocycles. The number of piperidine rings is 1. The third-order valence-electron chi connectivity index (χ3n) is 7.27. The molecule has 4 aromatic rings. The first kappa shape index (κ1) is 19.6. The van der Waals surface area contributed by atoms with Crippen molar-refractivity contribution in [1.82, 2.24) is 14.5 Å². The van der Waals surface area contributed by atoms with Gasteiger partial charge in [-0.1, -0.05) is 67.1 Å². The highest BCUT2D eigenvalue weighted by molar-refractivity contribution is 5.80. The average molecular weight is 423 g/mol. The van der Waals surface area contributed by atoms with Crippen LogP contribution in [0.2, 0.25) is 0 Å². The van der Waals surface area contributed by atoms with Crippen LogP contribution in [0.4, 0.5) is 5.69 Å². The highest BCUT2D eigenvalue weighted by Crippen LogP contribution is 2.32. The SMILES string of the molecule is c1ccc(C(c2ccccc2)n2cnc3ccc(N4CCN5CCCCC5C4)cc32)cc1. The minimum absolute atomic E-state index is 0.104. The number of anilines is 1. The lowest BCUT2D eigenvalue weighted by atomic mass is 9.98. The minimum atomic E-state index is 0.104. The maximum absolute atomic E-state index is 4.78. The Morgan fingerprint density at radius 1 is 0.781 bits per heavy atom. The summed E-state index contributed by atoms with van der Waals surface area (Å²) in [5.41, 5.74) is 6.14. The minimum Gasteiger partial charge on any atom is -0.369 e. The molecule has 32 heavy (non-hydrogen) atoms. The van der Waals surface area contributed by atoms with E-state index in [1.54, 1.807) is 0 Å². The number of benzene rings is 3. The van der Waals surface area contributed by atoms with Crippen LogP contribution >= 0.6 is 0 Å². The van der Waals surface area contributed by atoms with Gasteiger partial charge in [-0.25, -0.2) is 4.98 Å². The summed E-state index contributed by atoms with van der Waals surface area (Å²) in [5, 5.41) is 0. The molecule has 0 amide bonds. The van der Waals surface area contributed by atoms with Crippen LogP contribution in [0, 0.1) is 0 Å². The predicted molar refractivity (Wildman–Crippen MR) is 131 cm³/mol. The zero-order valence-corrected chi connectivity index (χ0v) is 18.5. The molecule has 3 aromatic carbocycles. The third-order valence-corrected chi connectivity index (χ3v) is 7.27. The number of hydrogen-bond acceptors (Lipinski definition) is 3. The second-order valence-electron chi connectivity index (χ2n) is 9.18. The fourth-order valence-corrected chi connectivity index (χ4v) is 5.59. The zero-order chi connectivity index (χ0) is 21.3. The van der Waals surface area contributed by atoms with Gasteiger partial charge >= 0.3 is 0 Å². The smallest absolute Gasteiger partial charge is 0.0966 e. The molecule has 0 spiro atoms. The van der Waals surface area contributed by atoms with Crippen molar-refractivity contribution < 1.29 is 0 Å². The Labute approximate surface area is 190 Å². The van der Waals surface area contributed by atoms with E-state index < -0.39 is 0 Å². The molecule has 2 aliphatic heterocycles. The largest absolute Gasteiger partial charge is 0.369 e. The maximum Gasteiger partial charge on any atom is 0.0966 e. The number of imidazole rings is 1. The molecule has 6 rings (SSSR count). The topological polar surface area (TPSA) is 24.3 Å². The van der Waals surface area contributed by atoms with Crippen molar-refractivity contribution in [3.63, 3.8) is 0 Å². The van der Waals surface area contributed by atoms with Crippen LogP contribution in [0.3, 0.4) is 0 Å². The Balaban J connectivity index is 1.40. The zero-order valence-electron chi connectivity index (χ0n) is 18.5. The molecule has 1 unspecified atom stereocenters. The highest BCUT2D eigenvalue weighted by Gasteiger charge is 2.29. The fourth-order valence-electron chi connectivity index (χ4n) is 5.59. The summed E-state index contributed by atoms with van der Waals surface area (Å²) in [6, 6.07) is 29.2. The van der Waals surface area contributed by atoms with Gasteiger partial charge in [-0.15, -0.1) is 0 Å². The number of fused-ring (bicyclic) bond motifs is 2. The van der Waals surface area contributed by atoms with E-state index in [0.717, 1.165) is 18.6 Å². The van der Waals surface area contributed by atoms with Gasteiger partial charge in [0.2, 0.25) is 0 Å². The second kappa shape index (κ2) is 8.44. The molecule has 2 fully saturated rings. The molecule has 2 saturated heterocycles. The first-order valence-corrected chi connectivity index (χ1v) is 11.9. The maximum atomic E-state index is 4.78. The van der Waals surface area contributed by atoms with Gasteiger partial charge in [0.15, 0.2) is 0 Å². The molecule has 0 N–H and O–H groups in total. The van der Waals surface area contributed by atoms with Crippen LogP contribution in [-0.4, -0.2) is 46.7 Å². The molecule has 0 saturated carbocycles. The first-order valence-electron chi connectivity index (χ1n) is 11.9. The van der Waals surface area contributed by atoms with Crippen LogP contribution in [0.15, 0.2) is 85.2 Å². The van der Waals surface area contributed by atoms with Crippen molar-refractivity contribution in [2.75, 3.05) is 31.1 Å². The van der Waals surface area contributed by atoms with E-state index in [9.17, 15) is 0 Å². The van der Waals surface area contributed by atoms with Crippen LogP contribution in [0.25, 0.3) is 11.0 Å². The molecule has 4 nitrogen and oxygen atoms in total. The predicted octanol–water partition coefficient (Wildman–Crippen LogP) is 5.35. The molecule has 1 atom stereocenters. The second-order valence-corrected chi connectivity index (χ2v) is 9.18. The van der Waals surface area contributed by atoms with E-state index in [1.807, 2.05) is 6.33 Å². The lowest BCUT2D eigenvalue weighted by Gasteiger charge is -2.45. The van der Waals surface area contributed by atoms with E-state index in [2.05, 4.69) is 93.2 Å². The number of piperazine rings is 1. The van der Waals surface area contributed by atoms with E-state index in [-0.39, 0.29) is 6.04 Å². The Morgan fingerprint density at radius 2 is 1.53 bits per heavy atom. The van der Waals surface area contributed by atoms with Crippen molar-refractivity contribution in [3.8, 4) is 0 Å². The van der Waals surface area contributed by atoms with Crippen molar-refractivity contribution in [2.45, 2.75) is 31.3 Å². The van der Waals surface area contributed by atoms with Gasteiger partial charge in [-0.2, -0.15) is 0 Å². The Morgan fingerprint density at radius 3 is 2.28 bits per heavy atom. The Kier molecular flexibility index (Phi) is 5.16. The molecular formula is C28H30N4. The quantitative estimate of drug-likeness (QED) is 0.443. The van der Waals surface area contributed by atoms with Gasteiger partial charge in [0, 0.05) is 31.4 Å². The van der Waals surface area contributed by atoms with Crippen molar-refractivity contribution >= 4 is 16.7 Å². The van der Waals surface area contributed by atoms with Gasteiger partial charge in [0.05, 0.1) is 23.4 Å². The van der Waals surface area contributed by atoms with Crippen LogP contribution in [-0.2, 0) is 0 Å². The van der Waals surface area contributed by atoms with Gasteiger partial charge < -0.3 is 9.47 Å². The summed E-state index contributed by atoms with van der Waals surface area (Å²) in [6.45, 7) is 4.70. The summed E-state index contributed by atoms with van der Waals surface area (Å²) >= 11 is 0. The summed E-state index contributed by atoms with van der Waals surface area (Å²) < 4.78 is 2.35. The molecule has 4 heteroatoms. The van der Waals surface area contributed by atoms with E-state index in [0.29, 0.717) is 6.04 Å². The highest BCUT2D eigenvalue weighted by atomic mass is 15.3. The standard InChI is InChI=1S/C28H30N4/c1-3-9-22(10-4-1)28(23-11-5-2-6-12-23)32-21-29-26-15-14-24(19-27(26)32)31-18-17-30-16-8-7-13-25(30)20-31/h1-6,9-12,14-15,19,21,25,28H,7-8,13,16-18,20H2. The van der Waals surface area contributed by atoms with Crippen LogP contribution in [0.1, 0.15) is 36.4 Å². The molecule has 3 heterocycles. The first-order chi connectivity index (χ1) is 15.9. The normalized spacial score (nSPS) is 19.4. The molecule has 2 aliphatic rings. The van der Waals surface area contributed by atoms with Crippen LogP contribution in [0.5, 0.6) is 0 Å². The molecule has 162 valence electrons. The molecule has 0 radical (unpaired) electrons. The van der Waals surface area contributed by atoms with Crippen molar-refractivity contribution in [2.24, 2.45) is 0 Å². The van der Waals surface area contributed by atoms with E-state index in [1.165, 1.54) is 54.7 Å². The summed E-state index contributed by atoms with van der Waals surface area (Å²) in [5.74, 6) is 0. The Hall–Kier alpha value is -3.11. The summed E-state index contributed by atoms with van der Waals surface area (Å²) in [6.07, 6.45) is 6.08. The molecule has 0 bridgehead atoms. The summed E-state index contributed by atoms with van der Waals surface area (Å²) in [4.78, 5) is 10.1. The number of hydrogen-bond donors (Lipinski definition) is 0. The van der Waals surface area contributed by atoms with Gasteiger partial charge in [0.25, 0.3) is 0 Å². The van der Waals surface area contributed by atoms with E-state index in [4.69, 9.17) is 4.98 Å².